The van der Waals surface area contributed by atoms with Crippen molar-refractivity contribution in [2.75, 3.05) is 0 Å². The summed E-state index contributed by atoms with van der Waals surface area (Å²) >= 11 is 0. The average molecular weight is 286 g/mol. The monoisotopic (exact) mass is 286 g/mol. The summed E-state index contributed by atoms with van der Waals surface area (Å²) in [5, 5.41) is 2.65. The Balaban J connectivity index is 1.68. The van der Waals surface area contributed by atoms with Crippen molar-refractivity contribution in [3.63, 3.8) is 0 Å². The Labute approximate surface area is 132 Å². The number of hydrogen-bond acceptors (Lipinski definition) is 0. The zero-order chi connectivity index (χ0) is 14.9. The maximum atomic E-state index is 2.34. The molecule has 0 radical (unpaired) electrons. The molecular formula is C22H22. The van der Waals surface area contributed by atoms with E-state index in [1.807, 2.05) is 0 Å². The third-order valence-corrected chi connectivity index (χ3v) is 5.07. The van der Waals surface area contributed by atoms with Gasteiger partial charge in [0.2, 0.25) is 0 Å². The predicted molar refractivity (Wildman–Crippen MR) is 95.3 cm³/mol. The smallest absolute Gasteiger partial charge is 0.0162 e. The predicted octanol–water partition coefficient (Wildman–Crippen LogP) is 6.47. The first-order chi connectivity index (χ1) is 10.8. The van der Waals surface area contributed by atoms with Gasteiger partial charge in [0.25, 0.3) is 0 Å². The third kappa shape index (κ3) is 2.54. The second-order valence-corrected chi connectivity index (χ2v) is 6.67. The molecule has 0 heterocycles. The standard InChI is InChI=1S/C22H22/c1-16-6-7-20-12-13-21(15-22(20)14-16)19-10-8-18(9-11-19)17-4-2-3-5-17/h6-15,17H,2-5H2,1H3. The molecule has 0 amide bonds. The third-order valence-electron chi connectivity index (χ3n) is 5.07. The molecule has 0 aliphatic heterocycles. The summed E-state index contributed by atoms with van der Waals surface area (Å²) in [6.07, 6.45) is 5.54. The molecule has 3 aromatic carbocycles. The molecule has 1 aliphatic rings. The van der Waals surface area contributed by atoms with Crippen molar-refractivity contribution in [1.82, 2.24) is 0 Å². The van der Waals surface area contributed by atoms with Gasteiger partial charge in [-0.15, -0.1) is 0 Å². The molecule has 0 N–H and O–H groups in total. The highest BCUT2D eigenvalue weighted by Crippen LogP contribution is 2.35. The summed E-state index contributed by atoms with van der Waals surface area (Å²) in [4.78, 5) is 0. The van der Waals surface area contributed by atoms with Crippen LogP contribution in [0.5, 0.6) is 0 Å². The minimum Gasteiger partial charge on any atom is -0.0587 e. The number of fused-ring (bicyclic) bond motifs is 1. The summed E-state index contributed by atoms with van der Waals surface area (Å²) in [6, 6.07) is 22.7. The van der Waals surface area contributed by atoms with Gasteiger partial charge in [-0.3, -0.25) is 0 Å². The molecule has 1 aliphatic carbocycles. The van der Waals surface area contributed by atoms with Gasteiger partial charge in [0, 0.05) is 0 Å². The van der Waals surface area contributed by atoms with E-state index in [2.05, 4.69) is 67.6 Å². The van der Waals surface area contributed by atoms with Crippen molar-refractivity contribution in [3.8, 4) is 11.1 Å². The summed E-state index contributed by atoms with van der Waals surface area (Å²) < 4.78 is 0. The van der Waals surface area contributed by atoms with Crippen LogP contribution in [0, 0.1) is 6.92 Å². The van der Waals surface area contributed by atoms with Crippen LogP contribution in [0.15, 0.2) is 60.7 Å². The molecule has 4 rings (SSSR count). The fourth-order valence-electron chi connectivity index (χ4n) is 3.75. The van der Waals surface area contributed by atoms with Crippen molar-refractivity contribution < 1.29 is 0 Å². The molecule has 3 aromatic rings. The van der Waals surface area contributed by atoms with Crippen LogP contribution in [0.3, 0.4) is 0 Å². The van der Waals surface area contributed by atoms with E-state index in [4.69, 9.17) is 0 Å². The molecular weight excluding hydrogens is 264 g/mol. The van der Waals surface area contributed by atoms with Crippen molar-refractivity contribution in [1.29, 1.82) is 0 Å². The normalized spacial score (nSPS) is 15.5. The van der Waals surface area contributed by atoms with Crippen LogP contribution in [0.4, 0.5) is 0 Å². The molecule has 22 heavy (non-hydrogen) atoms. The van der Waals surface area contributed by atoms with Crippen LogP contribution in [0.2, 0.25) is 0 Å². The first-order valence-electron chi connectivity index (χ1n) is 8.40. The van der Waals surface area contributed by atoms with Gasteiger partial charge in [-0.05, 0) is 59.2 Å². The van der Waals surface area contributed by atoms with E-state index in [1.165, 1.54) is 58.7 Å². The molecule has 1 saturated carbocycles. The van der Waals surface area contributed by atoms with E-state index in [9.17, 15) is 0 Å². The zero-order valence-electron chi connectivity index (χ0n) is 13.2. The van der Waals surface area contributed by atoms with Crippen molar-refractivity contribution in [2.24, 2.45) is 0 Å². The molecule has 0 spiro atoms. The first-order valence-corrected chi connectivity index (χ1v) is 8.40. The molecule has 0 heteroatoms. The van der Waals surface area contributed by atoms with Crippen LogP contribution in [-0.4, -0.2) is 0 Å². The highest BCUT2D eigenvalue weighted by Gasteiger charge is 2.16. The fourth-order valence-corrected chi connectivity index (χ4v) is 3.75. The van der Waals surface area contributed by atoms with Gasteiger partial charge in [-0.1, -0.05) is 73.0 Å². The van der Waals surface area contributed by atoms with E-state index >= 15 is 0 Å². The summed E-state index contributed by atoms with van der Waals surface area (Å²) in [6.45, 7) is 2.16. The molecule has 0 aromatic heterocycles. The Kier molecular flexibility index (Phi) is 3.46. The second-order valence-electron chi connectivity index (χ2n) is 6.67. The molecule has 0 saturated heterocycles. The number of benzene rings is 3. The number of rotatable bonds is 2. The van der Waals surface area contributed by atoms with E-state index in [-0.39, 0.29) is 0 Å². The minimum absolute atomic E-state index is 0.799. The molecule has 1 fully saturated rings. The largest absolute Gasteiger partial charge is 0.0587 e. The van der Waals surface area contributed by atoms with Gasteiger partial charge in [0.15, 0.2) is 0 Å². The Morgan fingerprint density at radius 3 is 2.14 bits per heavy atom. The molecule has 0 bridgehead atoms. The lowest BCUT2D eigenvalue weighted by Gasteiger charge is -2.11. The van der Waals surface area contributed by atoms with E-state index in [0.717, 1.165) is 5.92 Å². The van der Waals surface area contributed by atoms with Crippen molar-refractivity contribution in [3.05, 3.63) is 71.8 Å². The van der Waals surface area contributed by atoms with Crippen LogP contribution < -0.4 is 0 Å². The topological polar surface area (TPSA) is 0 Å². The summed E-state index contributed by atoms with van der Waals surface area (Å²) in [5.41, 5.74) is 5.49. The van der Waals surface area contributed by atoms with Gasteiger partial charge < -0.3 is 0 Å². The molecule has 110 valence electrons. The maximum Gasteiger partial charge on any atom is -0.0162 e. The van der Waals surface area contributed by atoms with Gasteiger partial charge in [0.05, 0.1) is 0 Å². The maximum absolute atomic E-state index is 2.34. The SMILES string of the molecule is Cc1ccc2ccc(-c3ccc(C4CCCC4)cc3)cc2c1. The van der Waals surface area contributed by atoms with Crippen LogP contribution >= 0.6 is 0 Å². The molecule has 0 nitrogen and oxygen atoms in total. The van der Waals surface area contributed by atoms with Gasteiger partial charge in [0.1, 0.15) is 0 Å². The van der Waals surface area contributed by atoms with Gasteiger partial charge in [-0.25, -0.2) is 0 Å². The van der Waals surface area contributed by atoms with Crippen LogP contribution in [0.25, 0.3) is 21.9 Å². The van der Waals surface area contributed by atoms with Crippen molar-refractivity contribution >= 4 is 10.8 Å². The minimum atomic E-state index is 0.799. The summed E-state index contributed by atoms with van der Waals surface area (Å²) in [5.74, 6) is 0.799. The number of hydrogen-bond donors (Lipinski definition) is 0. The highest BCUT2D eigenvalue weighted by atomic mass is 14.2. The lowest BCUT2D eigenvalue weighted by molar-refractivity contribution is 0.723. The Morgan fingerprint density at radius 2 is 1.36 bits per heavy atom. The fraction of sp³-hybridized carbons (Fsp3) is 0.273. The lowest BCUT2D eigenvalue weighted by atomic mass is 9.94. The number of aryl methyl sites for hydroxylation is 1. The Morgan fingerprint density at radius 1 is 0.682 bits per heavy atom. The first kappa shape index (κ1) is 13.6. The van der Waals surface area contributed by atoms with Crippen LogP contribution in [-0.2, 0) is 0 Å². The average Bonchev–Trinajstić information content (AvgIpc) is 3.09. The second kappa shape index (κ2) is 5.61. The summed E-state index contributed by atoms with van der Waals surface area (Å²) in [7, 11) is 0. The Bertz CT molecular complexity index is 790. The van der Waals surface area contributed by atoms with E-state index in [0.29, 0.717) is 0 Å². The van der Waals surface area contributed by atoms with Gasteiger partial charge in [-0.2, -0.15) is 0 Å². The Hall–Kier alpha value is -2.08. The van der Waals surface area contributed by atoms with Gasteiger partial charge >= 0.3 is 0 Å². The van der Waals surface area contributed by atoms with E-state index < -0.39 is 0 Å². The van der Waals surface area contributed by atoms with E-state index in [1.54, 1.807) is 0 Å². The van der Waals surface area contributed by atoms with Crippen LogP contribution in [0.1, 0.15) is 42.7 Å². The zero-order valence-corrected chi connectivity index (χ0v) is 13.2. The highest BCUT2D eigenvalue weighted by molar-refractivity contribution is 5.87. The molecule has 0 atom stereocenters. The lowest BCUT2D eigenvalue weighted by Crippen LogP contribution is -1.91. The van der Waals surface area contributed by atoms with Crippen molar-refractivity contribution in [2.45, 2.75) is 38.5 Å². The quantitative estimate of drug-likeness (QED) is 0.506. The molecule has 0 unspecified atom stereocenters.